The quantitative estimate of drug-likeness (QED) is 0.0451. The van der Waals surface area contributed by atoms with Crippen LogP contribution in [0.15, 0.2) is 121 Å². The molecule has 0 aromatic heterocycles. The molecule has 5 rings (SSSR count). The number of esters is 2. The highest BCUT2D eigenvalue weighted by molar-refractivity contribution is 6.10. The van der Waals surface area contributed by atoms with Gasteiger partial charge in [-0.3, -0.25) is 4.79 Å². The lowest BCUT2D eigenvalue weighted by atomic mass is 10.0. The Bertz CT molecular complexity index is 1850. The van der Waals surface area contributed by atoms with Crippen LogP contribution >= 0.6 is 0 Å². The van der Waals surface area contributed by atoms with Crippen LogP contribution in [0.5, 0.6) is 28.7 Å². The highest BCUT2D eigenvalue weighted by Gasteiger charge is 2.14. The van der Waals surface area contributed by atoms with Crippen LogP contribution in [0, 0.1) is 6.92 Å². The normalized spacial score (nSPS) is 10.7. The van der Waals surface area contributed by atoms with Crippen molar-refractivity contribution in [3.8, 4) is 28.7 Å². The average Bonchev–Trinajstić information content (AvgIpc) is 3.14. The lowest BCUT2D eigenvalue weighted by Crippen LogP contribution is -2.09. The Morgan fingerprint density at radius 1 is 0.500 bits per heavy atom. The first kappa shape index (κ1) is 35.4. The molecular formula is C42H40O8. The van der Waals surface area contributed by atoms with E-state index in [4.69, 9.17) is 18.9 Å². The monoisotopic (exact) mass is 672 g/mol. The molecule has 0 radical (unpaired) electrons. The Hall–Kier alpha value is -5.89. The second-order valence-electron chi connectivity index (χ2n) is 11.8. The number of carbonyl (C=O) groups excluding carboxylic acids is 3. The summed E-state index contributed by atoms with van der Waals surface area (Å²) in [6.07, 6.45) is 6.05. The first-order valence-corrected chi connectivity index (χ1v) is 16.8. The molecule has 256 valence electrons. The number of aryl methyl sites for hydroxylation is 1. The molecule has 0 atom stereocenters. The molecule has 50 heavy (non-hydrogen) atoms. The molecule has 0 saturated heterocycles. The van der Waals surface area contributed by atoms with E-state index >= 15 is 0 Å². The maximum absolute atomic E-state index is 12.6. The van der Waals surface area contributed by atoms with Gasteiger partial charge in [-0.05, 0) is 92.6 Å². The lowest BCUT2D eigenvalue weighted by molar-refractivity contribution is 0.0719. The standard InChI is InChI=1S/C42H40O8/c1-30-13-15-32(16-14-30)41(45)49-35-21-23-36(24-22-35)50-42(46)33-17-19-34(20-18-33)47-27-9-4-2-3-5-10-28-48-37-25-26-38(39(43)29-37)40(44)31-11-7-6-8-12-31/h6-8,11-26,29,43H,2-5,9-10,27-28H2,1H3. The predicted molar refractivity (Wildman–Crippen MR) is 191 cm³/mol. The average molecular weight is 673 g/mol. The van der Waals surface area contributed by atoms with Gasteiger partial charge in [0, 0.05) is 11.6 Å². The van der Waals surface area contributed by atoms with E-state index in [1.165, 1.54) is 6.07 Å². The molecule has 0 fully saturated rings. The Balaban J connectivity index is 0.916. The van der Waals surface area contributed by atoms with E-state index in [-0.39, 0.29) is 17.1 Å². The molecule has 0 aliphatic heterocycles. The van der Waals surface area contributed by atoms with Crippen LogP contribution in [0.1, 0.15) is 80.7 Å². The number of carbonyl (C=O) groups is 3. The third-order valence-corrected chi connectivity index (χ3v) is 7.95. The van der Waals surface area contributed by atoms with Crippen molar-refractivity contribution in [2.45, 2.75) is 45.4 Å². The smallest absolute Gasteiger partial charge is 0.343 e. The van der Waals surface area contributed by atoms with Crippen molar-refractivity contribution in [1.82, 2.24) is 0 Å². The Morgan fingerprint density at radius 2 is 0.960 bits per heavy atom. The fraction of sp³-hybridized carbons (Fsp3) is 0.214. The minimum absolute atomic E-state index is 0.0866. The molecule has 0 spiro atoms. The number of ketones is 1. The summed E-state index contributed by atoms with van der Waals surface area (Å²) in [6.45, 7) is 3.07. The van der Waals surface area contributed by atoms with Gasteiger partial charge in [0.2, 0.25) is 0 Å². The van der Waals surface area contributed by atoms with E-state index in [2.05, 4.69) is 0 Å². The van der Waals surface area contributed by atoms with Crippen molar-refractivity contribution >= 4 is 17.7 Å². The molecule has 0 saturated carbocycles. The maximum atomic E-state index is 12.6. The molecule has 0 amide bonds. The van der Waals surface area contributed by atoms with Gasteiger partial charge in [-0.15, -0.1) is 0 Å². The van der Waals surface area contributed by atoms with Gasteiger partial charge in [-0.2, -0.15) is 0 Å². The number of benzene rings is 5. The summed E-state index contributed by atoms with van der Waals surface area (Å²) >= 11 is 0. The van der Waals surface area contributed by atoms with Crippen molar-refractivity contribution < 1.29 is 38.4 Å². The zero-order chi connectivity index (χ0) is 35.1. The van der Waals surface area contributed by atoms with Crippen LogP contribution in [0.4, 0.5) is 0 Å². The summed E-state index contributed by atoms with van der Waals surface area (Å²) in [4.78, 5) is 37.5. The van der Waals surface area contributed by atoms with E-state index in [1.54, 1.807) is 97.1 Å². The van der Waals surface area contributed by atoms with Gasteiger partial charge in [-0.1, -0.05) is 73.7 Å². The summed E-state index contributed by atoms with van der Waals surface area (Å²) in [5, 5.41) is 10.3. The van der Waals surface area contributed by atoms with E-state index in [0.717, 1.165) is 44.1 Å². The van der Waals surface area contributed by atoms with Crippen LogP contribution in [0.3, 0.4) is 0 Å². The third-order valence-electron chi connectivity index (χ3n) is 7.95. The first-order chi connectivity index (χ1) is 24.4. The van der Waals surface area contributed by atoms with Crippen molar-refractivity contribution in [1.29, 1.82) is 0 Å². The van der Waals surface area contributed by atoms with Crippen molar-refractivity contribution in [2.75, 3.05) is 13.2 Å². The summed E-state index contributed by atoms with van der Waals surface area (Å²) in [6, 6.07) is 33.9. The maximum Gasteiger partial charge on any atom is 0.343 e. The molecule has 0 heterocycles. The fourth-order valence-corrected chi connectivity index (χ4v) is 5.11. The van der Waals surface area contributed by atoms with Gasteiger partial charge in [0.25, 0.3) is 0 Å². The highest BCUT2D eigenvalue weighted by Crippen LogP contribution is 2.26. The molecule has 1 N–H and O–H groups in total. The van der Waals surface area contributed by atoms with Gasteiger partial charge < -0.3 is 24.1 Å². The number of hydrogen-bond acceptors (Lipinski definition) is 8. The number of phenols is 1. The predicted octanol–water partition coefficient (Wildman–Crippen LogP) is 9.17. The Labute approximate surface area is 292 Å². The summed E-state index contributed by atoms with van der Waals surface area (Å²) in [5.74, 6) is 0.634. The lowest BCUT2D eigenvalue weighted by Gasteiger charge is -2.09. The molecule has 0 bridgehead atoms. The largest absolute Gasteiger partial charge is 0.507 e. The highest BCUT2D eigenvalue weighted by atomic mass is 16.5. The zero-order valence-electron chi connectivity index (χ0n) is 28.0. The van der Waals surface area contributed by atoms with Crippen LogP contribution in [0.2, 0.25) is 0 Å². The van der Waals surface area contributed by atoms with E-state index < -0.39 is 11.9 Å². The number of ether oxygens (including phenoxy) is 4. The summed E-state index contributed by atoms with van der Waals surface area (Å²) < 4.78 is 22.5. The summed E-state index contributed by atoms with van der Waals surface area (Å²) in [5.41, 5.74) is 2.68. The van der Waals surface area contributed by atoms with E-state index in [0.29, 0.717) is 52.9 Å². The second-order valence-corrected chi connectivity index (χ2v) is 11.8. The number of rotatable bonds is 17. The molecule has 0 unspecified atom stereocenters. The van der Waals surface area contributed by atoms with Gasteiger partial charge in [0.1, 0.15) is 28.7 Å². The van der Waals surface area contributed by atoms with Gasteiger partial charge >= 0.3 is 11.9 Å². The first-order valence-electron chi connectivity index (χ1n) is 16.8. The molecule has 0 aliphatic rings. The van der Waals surface area contributed by atoms with Crippen LogP contribution in [0.25, 0.3) is 0 Å². The Morgan fingerprint density at radius 3 is 1.50 bits per heavy atom. The molecule has 0 aliphatic carbocycles. The molecule has 8 nitrogen and oxygen atoms in total. The Kier molecular flexibility index (Phi) is 12.8. The minimum Gasteiger partial charge on any atom is -0.507 e. The molecule has 5 aromatic rings. The topological polar surface area (TPSA) is 108 Å². The van der Waals surface area contributed by atoms with Gasteiger partial charge in [-0.25, -0.2) is 9.59 Å². The second kappa shape index (κ2) is 18.0. The number of phenolic OH excluding ortho intramolecular Hbond substituents is 1. The minimum atomic E-state index is -0.502. The zero-order valence-corrected chi connectivity index (χ0v) is 28.0. The van der Waals surface area contributed by atoms with Crippen LogP contribution < -0.4 is 18.9 Å². The van der Waals surface area contributed by atoms with Crippen LogP contribution in [-0.4, -0.2) is 36.0 Å². The third kappa shape index (κ3) is 10.6. The van der Waals surface area contributed by atoms with Crippen LogP contribution in [-0.2, 0) is 0 Å². The number of unbranched alkanes of at least 4 members (excludes halogenated alkanes) is 5. The van der Waals surface area contributed by atoms with Gasteiger partial charge in [0.05, 0.1) is 29.9 Å². The number of aromatic hydroxyl groups is 1. The molecule has 5 aromatic carbocycles. The van der Waals surface area contributed by atoms with Crippen molar-refractivity contribution in [3.63, 3.8) is 0 Å². The van der Waals surface area contributed by atoms with Crippen molar-refractivity contribution in [2.24, 2.45) is 0 Å². The fourth-order valence-electron chi connectivity index (χ4n) is 5.11. The molecule has 8 heteroatoms. The number of hydrogen-bond donors (Lipinski definition) is 1. The summed E-state index contributed by atoms with van der Waals surface area (Å²) in [7, 11) is 0. The van der Waals surface area contributed by atoms with Gasteiger partial charge in [0.15, 0.2) is 5.78 Å². The van der Waals surface area contributed by atoms with Crippen molar-refractivity contribution in [3.05, 3.63) is 149 Å². The SMILES string of the molecule is Cc1ccc(C(=O)Oc2ccc(OC(=O)c3ccc(OCCCCCCCCOc4ccc(C(=O)c5ccccc5)c(O)c4)cc3)cc2)cc1. The van der Waals surface area contributed by atoms with E-state index in [9.17, 15) is 19.5 Å². The van der Waals surface area contributed by atoms with E-state index in [1.807, 2.05) is 25.1 Å². The molecular weight excluding hydrogens is 632 g/mol.